The Kier molecular flexibility index (Phi) is 4.97. The number of alkyl halides is 3. The van der Waals surface area contributed by atoms with E-state index >= 15 is 0 Å². The average Bonchev–Trinajstić information content (AvgIpc) is 2.91. The van der Waals surface area contributed by atoms with E-state index in [1.54, 1.807) is 6.92 Å². The van der Waals surface area contributed by atoms with Gasteiger partial charge >= 0.3 is 12.2 Å². The highest BCUT2D eigenvalue weighted by Gasteiger charge is 2.31. The molecule has 1 fully saturated rings. The van der Waals surface area contributed by atoms with Crippen LogP contribution in [-0.2, 0) is 11.0 Å². The maximum atomic E-state index is 12.8. The largest absolute Gasteiger partial charge is 0.492 e. The van der Waals surface area contributed by atoms with Crippen molar-refractivity contribution < 1.29 is 27.5 Å². The predicted molar refractivity (Wildman–Crippen MR) is 76.2 cm³/mol. The Morgan fingerprint density at radius 2 is 2.17 bits per heavy atom. The van der Waals surface area contributed by atoms with Crippen LogP contribution in [0.1, 0.15) is 12.5 Å². The summed E-state index contributed by atoms with van der Waals surface area (Å²) in [5, 5.41) is 5.09. The summed E-state index contributed by atoms with van der Waals surface area (Å²) in [5.41, 5.74) is -0.801. The van der Waals surface area contributed by atoms with Gasteiger partial charge in [0, 0.05) is 13.1 Å². The molecule has 1 aromatic carbocycles. The number of ether oxygens (including phenoxy) is 1. The quantitative estimate of drug-likeness (QED) is 0.866. The van der Waals surface area contributed by atoms with Gasteiger partial charge in [0.1, 0.15) is 5.75 Å². The molecule has 0 aliphatic carbocycles. The van der Waals surface area contributed by atoms with Crippen molar-refractivity contribution in [2.45, 2.75) is 13.1 Å². The van der Waals surface area contributed by atoms with Gasteiger partial charge in [-0.2, -0.15) is 13.2 Å². The molecule has 1 aromatic rings. The summed E-state index contributed by atoms with van der Waals surface area (Å²) in [6.07, 6.45) is -4.50. The number of imide groups is 1. The van der Waals surface area contributed by atoms with Crippen molar-refractivity contribution in [3.05, 3.63) is 23.8 Å². The van der Waals surface area contributed by atoms with Gasteiger partial charge in [0.15, 0.2) is 0 Å². The van der Waals surface area contributed by atoms with E-state index in [0.717, 1.165) is 17.0 Å². The highest BCUT2D eigenvalue weighted by atomic mass is 19.4. The highest BCUT2D eigenvalue weighted by Crippen LogP contribution is 2.35. The van der Waals surface area contributed by atoms with Gasteiger partial charge in [-0.1, -0.05) is 0 Å². The topological polar surface area (TPSA) is 70.7 Å². The van der Waals surface area contributed by atoms with E-state index in [2.05, 4.69) is 10.6 Å². The standard InChI is InChI=1S/C14H16F3N3O3/c1-2-23-11-4-3-9(14(15,16)17)7-10(11)19-8-12(21)20-6-5-18-13(20)22/h3-4,7,19H,2,5-6,8H2,1H3,(H,18,22). The molecule has 1 aliphatic heterocycles. The van der Waals surface area contributed by atoms with Crippen LogP contribution in [-0.4, -0.2) is 43.1 Å². The molecule has 6 nitrogen and oxygen atoms in total. The molecule has 2 N–H and O–H groups in total. The Balaban J connectivity index is 2.13. The second-order valence-corrected chi connectivity index (χ2v) is 4.77. The molecule has 0 atom stereocenters. The van der Waals surface area contributed by atoms with Crippen LogP contribution >= 0.6 is 0 Å². The smallest absolute Gasteiger partial charge is 0.416 e. The lowest BCUT2D eigenvalue weighted by molar-refractivity contribution is -0.137. The van der Waals surface area contributed by atoms with Crippen LogP contribution in [0.25, 0.3) is 0 Å². The Morgan fingerprint density at radius 3 is 2.74 bits per heavy atom. The van der Waals surface area contributed by atoms with Crippen LogP contribution in [0.3, 0.4) is 0 Å². The van der Waals surface area contributed by atoms with Gasteiger partial charge in [-0.3, -0.25) is 9.69 Å². The molecule has 1 saturated heterocycles. The van der Waals surface area contributed by atoms with Crippen LogP contribution in [0.4, 0.5) is 23.7 Å². The van der Waals surface area contributed by atoms with Gasteiger partial charge in [0.05, 0.1) is 24.4 Å². The van der Waals surface area contributed by atoms with E-state index in [-0.39, 0.29) is 31.1 Å². The molecule has 0 unspecified atom stereocenters. The van der Waals surface area contributed by atoms with Crippen molar-refractivity contribution in [1.82, 2.24) is 10.2 Å². The molecule has 0 aromatic heterocycles. The third-order valence-corrected chi connectivity index (χ3v) is 3.19. The van der Waals surface area contributed by atoms with E-state index in [0.29, 0.717) is 6.54 Å². The maximum Gasteiger partial charge on any atom is 0.416 e. The van der Waals surface area contributed by atoms with Gasteiger partial charge in [0.25, 0.3) is 0 Å². The number of amides is 3. The summed E-state index contributed by atoms with van der Waals surface area (Å²) in [4.78, 5) is 24.3. The maximum absolute atomic E-state index is 12.8. The second-order valence-electron chi connectivity index (χ2n) is 4.77. The molecule has 23 heavy (non-hydrogen) atoms. The summed E-state index contributed by atoms with van der Waals surface area (Å²) in [7, 11) is 0. The van der Waals surface area contributed by atoms with E-state index in [4.69, 9.17) is 4.74 Å². The van der Waals surface area contributed by atoms with Crippen molar-refractivity contribution in [1.29, 1.82) is 0 Å². The van der Waals surface area contributed by atoms with Gasteiger partial charge in [0.2, 0.25) is 5.91 Å². The number of carbonyl (C=O) groups excluding carboxylic acids is 2. The highest BCUT2D eigenvalue weighted by molar-refractivity contribution is 5.97. The minimum Gasteiger partial charge on any atom is -0.492 e. The molecule has 0 spiro atoms. The first-order valence-electron chi connectivity index (χ1n) is 6.99. The van der Waals surface area contributed by atoms with Crippen LogP contribution < -0.4 is 15.4 Å². The van der Waals surface area contributed by atoms with Crippen molar-refractivity contribution >= 4 is 17.6 Å². The molecule has 126 valence electrons. The number of hydrogen-bond donors (Lipinski definition) is 2. The van der Waals surface area contributed by atoms with E-state index < -0.39 is 23.7 Å². The summed E-state index contributed by atoms with van der Waals surface area (Å²) in [6, 6.07) is 2.47. The van der Waals surface area contributed by atoms with Gasteiger partial charge in [-0.05, 0) is 25.1 Å². The molecule has 1 aliphatic rings. The fourth-order valence-corrected chi connectivity index (χ4v) is 2.10. The fraction of sp³-hybridized carbons (Fsp3) is 0.429. The molecule has 0 radical (unpaired) electrons. The minimum absolute atomic E-state index is 0.0506. The van der Waals surface area contributed by atoms with E-state index in [1.165, 1.54) is 6.07 Å². The predicted octanol–water partition coefficient (Wildman–Crippen LogP) is 2.07. The molecule has 0 saturated carbocycles. The number of nitrogens with zero attached hydrogens (tertiary/aromatic N) is 1. The molecular weight excluding hydrogens is 315 g/mol. The molecule has 0 bridgehead atoms. The Hall–Kier alpha value is -2.45. The summed E-state index contributed by atoms with van der Waals surface area (Å²) in [6.45, 7) is 2.25. The van der Waals surface area contributed by atoms with E-state index in [9.17, 15) is 22.8 Å². The molecule has 2 rings (SSSR count). The molecule has 3 amide bonds. The normalized spacial score (nSPS) is 14.6. The van der Waals surface area contributed by atoms with Gasteiger partial charge in [-0.15, -0.1) is 0 Å². The number of carbonyl (C=O) groups is 2. The summed E-state index contributed by atoms with van der Waals surface area (Å²) >= 11 is 0. The van der Waals surface area contributed by atoms with Gasteiger partial charge in [-0.25, -0.2) is 4.79 Å². The zero-order chi connectivity index (χ0) is 17.0. The molecule has 9 heteroatoms. The number of rotatable bonds is 5. The zero-order valence-electron chi connectivity index (χ0n) is 12.4. The van der Waals surface area contributed by atoms with Crippen LogP contribution in [0.5, 0.6) is 5.75 Å². The number of benzene rings is 1. The first-order chi connectivity index (χ1) is 10.8. The third kappa shape index (κ3) is 4.05. The van der Waals surface area contributed by atoms with Gasteiger partial charge < -0.3 is 15.4 Å². The van der Waals surface area contributed by atoms with Crippen LogP contribution in [0, 0.1) is 0 Å². The zero-order valence-corrected chi connectivity index (χ0v) is 12.4. The third-order valence-electron chi connectivity index (χ3n) is 3.19. The van der Waals surface area contributed by atoms with Crippen molar-refractivity contribution in [3.8, 4) is 5.75 Å². The summed E-state index contributed by atoms with van der Waals surface area (Å²) in [5.74, 6) is -0.320. The Labute approximate surface area is 130 Å². The lowest BCUT2D eigenvalue weighted by Crippen LogP contribution is -2.38. The van der Waals surface area contributed by atoms with E-state index in [1.807, 2.05) is 0 Å². The van der Waals surface area contributed by atoms with Crippen molar-refractivity contribution in [2.75, 3.05) is 31.6 Å². The number of halogens is 3. The number of anilines is 1. The Morgan fingerprint density at radius 1 is 1.43 bits per heavy atom. The Bertz CT molecular complexity index is 605. The van der Waals surface area contributed by atoms with Crippen LogP contribution in [0.15, 0.2) is 18.2 Å². The first kappa shape index (κ1) is 16.9. The van der Waals surface area contributed by atoms with Crippen molar-refractivity contribution in [3.63, 3.8) is 0 Å². The number of nitrogens with one attached hydrogen (secondary N) is 2. The lowest BCUT2D eigenvalue weighted by atomic mass is 10.1. The monoisotopic (exact) mass is 331 g/mol. The average molecular weight is 331 g/mol. The van der Waals surface area contributed by atoms with Crippen LogP contribution in [0.2, 0.25) is 0 Å². The summed E-state index contributed by atoms with van der Waals surface area (Å²) < 4.78 is 43.6. The minimum atomic E-state index is -4.50. The lowest BCUT2D eigenvalue weighted by Gasteiger charge is -2.17. The second kappa shape index (κ2) is 6.76. The SMILES string of the molecule is CCOc1ccc(C(F)(F)F)cc1NCC(=O)N1CCNC1=O. The first-order valence-corrected chi connectivity index (χ1v) is 6.99. The fourth-order valence-electron chi connectivity index (χ4n) is 2.10. The number of hydrogen-bond acceptors (Lipinski definition) is 4. The number of urea groups is 1. The molecular formula is C14H16F3N3O3. The molecule has 1 heterocycles. The van der Waals surface area contributed by atoms with Crippen molar-refractivity contribution in [2.24, 2.45) is 0 Å².